The largest absolute Gasteiger partial charge is 0.489 e. The molecule has 4 aromatic rings. The lowest BCUT2D eigenvalue weighted by Gasteiger charge is -2.26. The van der Waals surface area contributed by atoms with Crippen molar-refractivity contribution in [1.82, 2.24) is 10.6 Å². The Kier molecular flexibility index (Phi) is 15.1. The van der Waals surface area contributed by atoms with Crippen molar-refractivity contribution < 1.29 is 44.7 Å². The average molecular weight is 852 g/mol. The zero-order valence-electron chi connectivity index (χ0n) is 29.3. The Bertz CT molecular complexity index is 2170. The van der Waals surface area contributed by atoms with Crippen LogP contribution in [0.4, 0.5) is 8.78 Å². The smallest absolute Gasteiger partial charge is 0.233 e. The van der Waals surface area contributed by atoms with Crippen LogP contribution in [0, 0.1) is 11.6 Å². The van der Waals surface area contributed by atoms with E-state index in [1.807, 2.05) is 0 Å². The Morgan fingerprint density at radius 2 is 1.20 bits per heavy atom. The number of aryl methyl sites for hydroxylation is 2. The van der Waals surface area contributed by atoms with Crippen molar-refractivity contribution in [3.8, 4) is 11.5 Å². The van der Waals surface area contributed by atoms with E-state index < -0.39 is 31.3 Å². The molecular weight excluding hydrogens is 810 g/mol. The van der Waals surface area contributed by atoms with Gasteiger partial charge in [0.05, 0.1) is 31.5 Å². The third-order valence-corrected chi connectivity index (χ3v) is 12.4. The first-order valence-corrected chi connectivity index (χ1v) is 20.8. The average Bonchev–Trinajstić information content (AvgIpc) is 3.17. The third kappa shape index (κ3) is 11.3. The molecule has 0 radical (unpaired) electrons. The molecule has 54 heavy (non-hydrogen) atoms. The van der Waals surface area contributed by atoms with Gasteiger partial charge in [0.25, 0.3) is 0 Å². The Balaban J connectivity index is 0.000000217. The quantitative estimate of drug-likeness (QED) is 0.170. The number of nitrogens with one attached hydrogen (secondary N) is 2. The van der Waals surface area contributed by atoms with Crippen molar-refractivity contribution >= 4 is 47.4 Å². The summed E-state index contributed by atoms with van der Waals surface area (Å²) in [4.78, 5) is 20.8. The van der Waals surface area contributed by atoms with E-state index in [4.69, 9.17) is 15.2 Å². The number of carbonyl (C=O) groups excluding carboxylic acids is 2. The standard InChI is InChI=1S/C19H21FN2O4S.C16H16FNO3S.C2H4BrNO/c1-21-19(23)12-22-11-15-7-5-13-6-8-17(10-18(13)26-15)27(24,25)16-4-2-3-14(20)9-16;17-12-2-1-3-14(8-12)22(19,20)15-7-5-11-4-6-13(10-18)21-16(11)9-15;3-1-2(4)5/h2-4,6,8-10,15,22H,5,7,11-12H2,1H3,(H,21,23);1-3,5,7-9,13H,4,6,10,18H2;1H2,(H2,4,5)/t15-;13-;/m11./s1. The number of amides is 2. The van der Waals surface area contributed by atoms with Crippen LogP contribution >= 0.6 is 15.9 Å². The normalized spacial score (nSPS) is 16.0. The Labute approximate surface area is 321 Å². The number of benzene rings is 4. The van der Waals surface area contributed by atoms with E-state index in [0.29, 0.717) is 24.6 Å². The van der Waals surface area contributed by atoms with E-state index in [2.05, 4.69) is 32.3 Å². The second kappa shape index (κ2) is 19.3. The van der Waals surface area contributed by atoms with Gasteiger partial charge in [-0.2, -0.15) is 0 Å². The fourth-order valence-electron chi connectivity index (χ4n) is 5.43. The van der Waals surface area contributed by atoms with Crippen LogP contribution in [0.25, 0.3) is 0 Å². The van der Waals surface area contributed by atoms with Crippen LogP contribution in [0.2, 0.25) is 0 Å². The number of hydrogen-bond donors (Lipinski definition) is 4. The predicted octanol–water partition coefficient (Wildman–Crippen LogP) is 3.87. The zero-order chi connectivity index (χ0) is 39.5. The lowest BCUT2D eigenvalue weighted by atomic mass is 10.0. The second-order valence-electron chi connectivity index (χ2n) is 12.2. The summed E-state index contributed by atoms with van der Waals surface area (Å²) in [5, 5.41) is 5.80. The van der Waals surface area contributed by atoms with E-state index in [1.54, 1.807) is 19.2 Å². The highest BCUT2D eigenvalue weighted by atomic mass is 79.9. The lowest BCUT2D eigenvalue weighted by Crippen LogP contribution is -2.39. The Morgan fingerprint density at radius 3 is 1.63 bits per heavy atom. The van der Waals surface area contributed by atoms with E-state index >= 15 is 0 Å². The van der Waals surface area contributed by atoms with Gasteiger partial charge in [-0.15, -0.1) is 0 Å². The van der Waals surface area contributed by atoms with Crippen LogP contribution in [0.5, 0.6) is 11.5 Å². The van der Waals surface area contributed by atoms with Crippen LogP contribution in [0.15, 0.2) is 105 Å². The molecule has 17 heteroatoms. The van der Waals surface area contributed by atoms with Gasteiger partial charge in [-0.1, -0.05) is 40.2 Å². The number of likely N-dealkylation sites (N-methyl/N-ethyl adjacent to an activating group) is 1. The van der Waals surface area contributed by atoms with Crippen LogP contribution in [-0.2, 0) is 42.1 Å². The molecule has 2 amide bonds. The molecule has 290 valence electrons. The van der Waals surface area contributed by atoms with E-state index in [9.17, 15) is 35.2 Å². The number of carbonyl (C=O) groups is 2. The molecule has 6 N–H and O–H groups in total. The summed E-state index contributed by atoms with van der Waals surface area (Å²) < 4.78 is 89.0. The second-order valence-corrected chi connectivity index (χ2v) is 16.6. The maximum atomic E-state index is 13.4. The highest BCUT2D eigenvalue weighted by molar-refractivity contribution is 9.09. The molecule has 0 saturated heterocycles. The molecule has 2 atom stereocenters. The molecule has 4 aromatic carbocycles. The minimum Gasteiger partial charge on any atom is -0.489 e. The molecule has 0 aliphatic carbocycles. The van der Waals surface area contributed by atoms with Gasteiger partial charge in [0.1, 0.15) is 35.3 Å². The minimum absolute atomic E-state index is 0.0609. The molecule has 12 nitrogen and oxygen atoms in total. The van der Waals surface area contributed by atoms with Gasteiger partial charge in [0, 0.05) is 20.1 Å². The first-order valence-electron chi connectivity index (χ1n) is 16.7. The first kappa shape index (κ1) is 42.3. The summed E-state index contributed by atoms with van der Waals surface area (Å²) >= 11 is 2.84. The van der Waals surface area contributed by atoms with Crippen LogP contribution < -0.4 is 31.6 Å². The molecule has 2 aliphatic heterocycles. The fraction of sp³-hybridized carbons (Fsp3) is 0.297. The monoisotopic (exact) mass is 850 g/mol. The van der Waals surface area contributed by atoms with Crippen LogP contribution in [0.1, 0.15) is 24.0 Å². The number of fused-ring (bicyclic) bond motifs is 2. The van der Waals surface area contributed by atoms with E-state index in [0.717, 1.165) is 48.9 Å². The minimum atomic E-state index is -3.83. The summed E-state index contributed by atoms with van der Waals surface area (Å²) in [5.74, 6) is -0.588. The maximum absolute atomic E-state index is 13.4. The summed E-state index contributed by atoms with van der Waals surface area (Å²) in [5.41, 5.74) is 12.1. The number of nitrogens with two attached hydrogens (primary N) is 2. The molecule has 0 fully saturated rings. The molecule has 2 heterocycles. The van der Waals surface area contributed by atoms with E-state index in [-0.39, 0.29) is 55.5 Å². The van der Waals surface area contributed by atoms with Crippen molar-refractivity contribution in [1.29, 1.82) is 0 Å². The number of ether oxygens (including phenoxy) is 2. The molecule has 0 aromatic heterocycles. The van der Waals surface area contributed by atoms with E-state index in [1.165, 1.54) is 60.7 Å². The topological polar surface area (TPSA) is 197 Å². The number of halogens is 3. The van der Waals surface area contributed by atoms with Crippen LogP contribution in [0.3, 0.4) is 0 Å². The molecule has 2 aliphatic rings. The summed E-state index contributed by atoms with van der Waals surface area (Å²) in [6, 6.07) is 19.4. The van der Waals surface area contributed by atoms with Gasteiger partial charge in [0.2, 0.25) is 31.5 Å². The maximum Gasteiger partial charge on any atom is 0.233 e. The van der Waals surface area contributed by atoms with Gasteiger partial charge >= 0.3 is 0 Å². The first-order chi connectivity index (χ1) is 25.7. The SMILES string of the molecule is CNC(=O)CNC[C@H]1CCc2ccc(S(=O)(=O)c3cccc(F)c3)cc2O1.NC(=O)CBr.NC[C@H]1CCc2ccc(S(=O)(=O)c3cccc(F)c3)cc2O1. The van der Waals surface area contributed by atoms with Crippen molar-refractivity contribution in [2.24, 2.45) is 11.5 Å². The summed E-state index contributed by atoms with van der Waals surface area (Å²) in [7, 11) is -6.04. The number of sulfone groups is 2. The van der Waals surface area contributed by atoms with Gasteiger partial charge in [-0.3, -0.25) is 9.59 Å². The number of primary amides is 1. The lowest BCUT2D eigenvalue weighted by molar-refractivity contribution is -0.119. The Hall–Kier alpha value is -4.42. The molecule has 0 saturated carbocycles. The Morgan fingerprint density at radius 1 is 0.759 bits per heavy atom. The van der Waals surface area contributed by atoms with Gasteiger partial charge in [-0.05, 0) is 97.5 Å². The third-order valence-electron chi connectivity index (χ3n) is 8.30. The molecule has 6 rings (SSSR count). The highest BCUT2D eigenvalue weighted by Crippen LogP contribution is 2.33. The predicted molar refractivity (Wildman–Crippen MR) is 201 cm³/mol. The molecular formula is C37H41BrF2N4O8S2. The van der Waals surface area contributed by atoms with Crippen molar-refractivity contribution in [2.75, 3.05) is 32.0 Å². The fourth-order valence-corrected chi connectivity index (χ4v) is 8.05. The number of hydrogen-bond acceptors (Lipinski definition) is 10. The molecule has 0 unspecified atom stereocenters. The number of rotatable bonds is 10. The summed E-state index contributed by atoms with van der Waals surface area (Å²) in [6.45, 7) is 1.06. The number of alkyl halides is 1. The van der Waals surface area contributed by atoms with Crippen molar-refractivity contribution in [3.63, 3.8) is 0 Å². The van der Waals surface area contributed by atoms with Gasteiger partial charge in [-0.25, -0.2) is 25.6 Å². The van der Waals surface area contributed by atoms with Crippen LogP contribution in [-0.4, -0.2) is 72.9 Å². The highest BCUT2D eigenvalue weighted by Gasteiger charge is 2.26. The summed E-state index contributed by atoms with van der Waals surface area (Å²) in [6.07, 6.45) is 2.89. The molecule has 0 bridgehead atoms. The molecule has 0 spiro atoms. The zero-order valence-corrected chi connectivity index (χ0v) is 32.5. The van der Waals surface area contributed by atoms with Crippen molar-refractivity contribution in [3.05, 3.63) is 108 Å². The van der Waals surface area contributed by atoms with Gasteiger partial charge in [0.15, 0.2) is 0 Å². The van der Waals surface area contributed by atoms with Crippen molar-refractivity contribution in [2.45, 2.75) is 57.5 Å². The van der Waals surface area contributed by atoms with Gasteiger partial charge < -0.3 is 31.6 Å².